The van der Waals surface area contributed by atoms with E-state index in [0.29, 0.717) is 16.4 Å². The molecule has 5 nitrogen and oxygen atoms in total. The van der Waals surface area contributed by atoms with Gasteiger partial charge in [-0.3, -0.25) is 9.40 Å². The Kier molecular flexibility index (Phi) is 3.32. The number of rotatable bonds is 3. The van der Waals surface area contributed by atoms with Crippen molar-refractivity contribution in [3.63, 3.8) is 0 Å². The number of aryl methyl sites for hydroxylation is 2. The molecule has 0 amide bonds. The number of anilines is 1. The number of benzene rings is 1. The fraction of sp³-hybridized carbons (Fsp3) is 0.182. The minimum atomic E-state index is -3.66. The van der Waals surface area contributed by atoms with E-state index < -0.39 is 10.0 Å². The zero-order chi connectivity index (χ0) is 13.3. The second-order valence-electron chi connectivity index (χ2n) is 3.84. The molecule has 7 heteroatoms. The molecule has 2 rings (SSSR count). The van der Waals surface area contributed by atoms with Crippen LogP contribution in [0.2, 0.25) is 5.02 Å². The molecular weight excluding hydrogens is 274 g/mol. The van der Waals surface area contributed by atoms with Gasteiger partial charge in [0.05, 0.1) is 16.4 Å². The highest BCUT2D eigenvalue weighted by molar-refractivity contribution is 7.92. The maximum Gasteiger partial charge on any atom is 0.265 e. The Labute approximate surface area is 110 Å². The molecule has 0 aliphatic rings. The topological polar surface area (TPSA) is 64.0 Å². The van der Waals surface area contributed by atoms with Crippen LogP contribution in [-0.2, 0) is 17.1 Å². The van der Waals surface area contributed by atoms with Crippen LogP contribution in [0.1, 0.15) is 5.69 Å². The molecule has 1 aromatic carbocycles. The Morgan fingerprint density at radius 3 is 2.56 bits per heavy atom. The molecule has 0 spiro atoms. The van der Waals surface area contributed by atoms with Crippen molar-refractivity contribution in [3.8, 4) is 0 Å². The number of nitrogens with zero attached hydrogens (tertiary/aromatic N) is 2. The van der Waals surface area contributed by atoms with Crippen molar-refractivity contribution < 1.29 is 8.42 Å². The van der Waals surface area contributed by atoms with Gasteiger partial charge in [0.25, 0.3) is 10.0 Å². The molecule has 2 aromatic rings. The second-order valence-corrected chi connectivity index (χ2v) is 5.90. The van der Waals surface area contributed by atoms with E-state index in [2.05, 4.69) is 9.82 Å². The summed E-state index contributed by atoms with van der Waals surface area (Å²) in [5, 5.41) is 4.36. The first-order chi connectivity index (χ1) is 8.40. The molecule has 96 valence electrons. The molecule has 0 radical (unpaired) electrons. The lowest BCUT2D eigenvalue weighted by Crippen LogP contribution is -2.13. The van der Waals surface area contributed by atoms with Crippen LogP contribution in [0.3, 0.4) is 0 Å². The Bertz CT molecular complexity index is 679. The van der Waals surface area contributed by atoms with Gasteiger partial charge in [0.2, 0.25) is 0 Å². The molecule has 0 aliphatic heterocycles. The van der Waals surface area contributed by atoms with Crippen molar-refractivity contribution in [2.24, 2.45) is 7.05 Å². The van der Waals surface area contributed by atoms with Crippen LogP contribution < -0.4 is 4.72 Å². The number of nitrogens with one attached hydrogen (secondary N) is 1. The fourth-order valence-electron chi connectivity index (χ4n) is 1.59. The lowest BCUT2D eigenvalue weighted by atomic mass is 10.3. The summed E-state index contributed by atoms with van der Waals surface area (Å²) in [5.74, 6) is 0. The molecular formula is C11H12ClN3O2S. The maximum absolute atomic E-state index is 12.2. The SMILES string of the molecule is Cc1nn(C)cc1S(=O)(=O)Nc1ccccc1Cl. The van der Waals surface area contributed by atoms with Gasteiger partial charge < -0.3 is 0 Å². The first-order valence-corrected chi connectivity index (χ1v) is 7.04. The fourth-order valence-corrected chi connectivity index (χ4v) is 3.12. The molecule has 0 fully saturated rings. The van der Waals surface area contributed by atoms with E-state index in [-0.39, 0.29) is 4.90 Å². The number of halogens is 1. The van der Waals surface area contributed by atoms with E-state index in [4.69, 9.17) is 11.6 Å². The maximum atomic E-state index is 12.2. The summed E-state index contributed by atoms with van der Waals surface area (Å²) in [7, 11) is -2.00. The van der Waals surface area contributed by atoms with Crippen molar-refractivity contribution >= 4 is 27.3 Å². The normalized spacial score (nSPS) is 11.5. The van der Waals surface area contributed by atoms with Gasteiger partial charge in [0.1, 0.15) is 4.90 Å². The third-order valence-corrected chi connectivity index (χ3v) is 4.17. The predicted molar refractivity (Wildman–Crippen MR) is 70.2 cm³/mol. The van der Waals surface area contributed by atoms with E-state index >= 15 is 0 Å². The van der Waals surface area contributed by atoms with Crippen LogP contribution in [0.5, 0.6) is 0 Å². The van der Waals surface area contributed by atoms with Crippen molar-refractivity contribution in [2.45, 2.75) is 11.8 Å². The van der Waals surface area contributed by atoms with E-state index in [1.54, 1.807) is 38.2 Å². The molecule has 1 N–H and O–H groups in total. The Morgan fingerprint density at radius 1 is 1.33 bits per heavy atom. The summed E-state index contributed by atoms with van der Waals surface area (Å²) >= 11 is 5.91. The average molecular weight is 286 g/mol. The molecule has 0 saturated carbocycles. The first kappa shape index (κ1) is 12.9. The van der Waals surface area contributed by atoms with Gasteiger partial charge in [0.15, 0.2) is 0 Å². The highest BCUT2D eigenvalue weighted by Crippen LogP contribution is 2.24. The van der Waals surface area contributed by atoms with E-state index in [1.807, 2.05) is 0 Å². The zero-order valence-electron chi connectivity index (χ0n) is 9.88. The summed E-state index contributed by atoms with van der Waals surface area (Å²) < 4.78 is 28.2. The number of hydrogen-bond donors (Lipinski definition) is 1. The molecule has 0 bridgehead atoms. The summed E-state index contributed by atoms with van der Waals surface area (Å²) in [6, 6.07) is 6.66. The Morgan fingerprint density at radius 2 is 2.00 bits per heavy atom. The Hall–Kier alpha value is -1.53. The number of hydrogen-bond acceptors (Lipinski definition) is 3. The molecule has 1 heterocycles. The number of aromatic nitrogens is 2. The highest BCUT2D eigenvalue weighted by atomic mass is 35.5. The number of para-hydroxylation sites is 1. The van der Waals surface area contributed by atoms with Gasteiger partial charge in [-0.05, 0) is 19.1 Å². The van der Waals surface area contributed by atoms with Crippen LogP contribution in [0.15, 0.2) is 35.4 Å². The lowest BCUT2D eigenvalue weighted by molar-refractivity contribution is 0.600. The molecule has 0 unspecified atom stereocenters. The van der Waals surface area contributed by atoms with Gasteiger partial charge in [-0.15, -0.1) is 0 Å². The summed E-state index contributed by atoms with van der Waals surface area (Å²) in [4.78, 5) is 0.143. The van der Waals surface area contributed by atoms with Gasteiger partial charge in [-0.25, -0.2) is 8.42 Å². The van der Waals surface area contributed by atoms with Crippen LogP contribution in [0.25, 0.3) is 0 Å². The highest BCUT2D eigenvalue weighted by Gasteiger charge is 2.20. The Balaban J connectivity index is 2.40. The van der Waals surface area contributed by atoms with Gasteiger partial charge >= 0.3 is 0 Å². The summed E-state index contributed by atoms with van der Waals surface area (Å²) in [5.41, 5.74) is 0.791. The smallest absolute Gasteiger partial charge is 0.265 e. The summed E-state index contributed by atoms with van der Waals surface area (Å²) in [6.45, 7) is 1.64. The summed E-state index contributed by atoms with van der Waals surface area (Å²) in [6.07, 6.45) is 1.45. The van der Waals surface area contributed by atoms with Crippen LogP contribution in [-0.4, -0.2) is 18.2 Å². The standard InChI is InChI=1S/C11H12ClN3O2S/c1-8-11(7-15(2)13-8)18(16,17)14-10-6-4-3-5-9(10)12/h3-7,14H,1-2H3. The third kappa shape index (κ3) is 2.49. The molecule has 18 heavy (non-hydrogen) atoms. The van der Waals surface area contributed by atoms with Crippen molar-refractivity contribution in [3.05, 3.63) is 41.2 Å². The van der Waals surface area contributed by atoms with Crippen molar-refractivity contribution in [1.29, 1.82) is 0 Å². The first-order valence-electron chi connectivity index (χ1n) is 5.18. The van der Waals surface area contributed by atoms with Crippen molar-refractivity contribution in [1.82, 2.24) is 9.78 Å². The van der Waals surface area contributed by atoms with Crippen LogP contribution >= 0.6 is 11.6 Å². The molecule has 1 aromatic heterocycles. The quantitative estimate of drug-likeness (QED) is 0.940. The minimum absolute atomic E-state index is 0.143. The molecule has 0 atom stereocenters. The zero-order valence-corrected chi connectivity index (χ0v) is 11.5. The number of sulfonamides is 1. The van der Waals surface area contributed by atoms with Gasteiger partial charge in [0, 0.05) is 13.2 Å². The molecule has 0 aliphatic carbocycles. The van der Waals surface area contributed by atoms with E-state index in [9.17, 15) is 8.42 Å². The molecule has 0 saturated heterocycles. The third-order valence-electron chi connectivity index (χ3n) is 2.38. The van der Waals surface area contributed by atoms with Crippen LogP contribution in [0, 0.1) is 6.92 Å². The minimum Gasteiger partial charge on any atom is -0.278 e. The van der Waals surface area contributed by atoms with E-state index in [1.165, 1.54) is 10.9 Å². The lowest BCUT2D eigenvalue weighted by Gasteiger charge is -2.08. The van der Waals surface area contributed by atoms with Crippen LogP contribution in [0.4, 0.5) is 5.69 Å². The average Bonchev–Trinajstić information content (AvgIpc) is 2.62. The van der Waals surface area contributed by atoms with Crippen molar-refractivity contribution in [2.75, 3.05) is 4.72 Å². The largest absolute Gasteiger partial charge is 0.278 e. The van der Waals surface area contributed by atoms with Gasteiger partial charge in [-0.2, -0.15) is 5.10 Å². The predicted octanol–water partition coefficient (Wildman–Crippen LogP) is 2.18. The second kappa shape index (κ2) is 4.62. The van der Waals surface area contributed by atoms with E-state index in [0.717, 1.165) is 0 Å². The van der Waals surface area contributed by atoms with Gasteiger partial charge in [-0.1, -0.05) is 23.7 Å². The monoisotopic (exact) mass is 285 g/mol.